The number of carbonyl (C=O) groups is 2. The van der Waals surface area contributed by atoms with E-state index in [4.69, 9.17) is 23.3 Å². The van der Waals surface area contributed by atoms with Gasteiger partial charge in [-0.05, 0) is 100 Å². The molecule has 1 aliphatic heterocycles. The third-order valence-electron chi connectivity index (χ3n) is 10.3. The van der Waals surface area contributed by atoms with Gasteiger partial charge < -0.3 is 33.9 Å². The van der Waals surface area contributed by atoms with Crippen LogP contribution in [-0.2, 0) is 27.0 Å². The molecule has 250 valence electrons. The van der Waals surface area contributed by atoms with Crippen LogP contribution in [0.5, 0.6) is 5.75 Å². The van der Waals surface area contributed by atoms with Crippen LogP contribution in [0.1, 0.15) is 92.0 Å². The largest absolute Gasteiger partial charge is 0.496 e. The number of hydrogen-bond acceptors (Lipinski definition) is 9. The summed E-state index contributed by atoms with van der Waals surface area (Å²) in [6.45, 7) is 14.6. The number of anilines is 1. The maximum absolute atomic E-state index is 13.9. The maximum Gasteiger partial charge on any atom is 0.482 e. The molecule has 2 heterocycles. The first-order valence-corrected chi connectivity index (χ1v) is 16.5. The van der Waals surface area contributed by atoms with E-state index in [1.165, 1.54) is 7.11 Å². The maximum atomic E-state index is 13.9. The molecular formula is C36H46BN3O7. The first-order valence-electron chi connectivity index (χ1n) is 16.5. The van der Waals surface area contributed by atoms with Gasteiger partial charge in [-0.3, -0.25) is 4.79 Å². The van der Waals surface area contributed by atoms with Crippen LogP contribution in [0.3, 0.4) is 0 Å². The van der Waals surface area contributed by atoms with E-state index in [0.717, 1.165) is 24.0 Å². The van der Waals surface area contributed by atoms with E-state index in [1.54, 1.807) is 18.2 Å². The molecule has 3 aliphatic carbocycles. The third-order valence-corrected chi connectivity index (χ3v) is 10.3. The van der Waals surface area contributed by atoms with Crippen molar-refractivity contribution in [3.8, 4) is 5.75 Å². The van der Waals surface area contributed by atoms with Crippen LogP contribution in [0, 0.1) is 24.2 Å². The number of amides is 1. The zero-order valence-corrected chi connectivity index (χ0v) is 28.6. The first kappa shape index (κ1) is 33.1. The van der Waals surface area contributed by atoms with Gasteiger partial charge >= 0.3 is 13.1 Å². The number of benzene rings is 2. The Morgan fingerprint density at radius 1 is 1.11 bits per heavy atom. The SMILES string of the molecule is COc1c(CC(NC(=O)c2cccc(CNc3cc(C)on3)c2)B2OC3CC4CC(C4(C)C)C3(C)O2)cccc1C(=O)OC(C)(C)C. The Kier molecular flexibility index (Phi) is 8.68. The summed E-state index contributed by atoms with van der Waals surface area (Å²) in [5, 5.41) is 10.4. The molecule has 4 fully saturated rings. The summed E-state index contributed by atoms with van der Waals surface area (Å²) in [5.41, 5.74) is 1.52. The Hall–Kier alpha value is -3.83. The molecule has 1 saturated heterocycles. The highest BCUT2D eigenvalue weighted by atomic mass is 16.7. The van der Waals surface area contributed by atoms with E-state index in [9.17, 15) is 9.59 Å². The predicted octanol–water partition coefficient (Wildman–Crippen LogP) is 6.17. The molecule has 1 amide bonds. The number of nitrogens with one attached hydrogen (secondary N) is 2. The summed E-state index contributed by atoms with van der Waals surface area (Å²) in [6, 6.07) is 14.7. The van der Waals surface area contributed by atoms with Gasteiger partial charge in [0.25, 0.3) is 5.91 Å². The topological polar surface area (TPSA) is 121 Å². The smallest absolute Gasteiger partial charge is 0.482 e. The van der Waals surface area contributed by atoms with E-state index in [1.807, 2.05) is 58.0 Å². The normalized spacial score (nSPS) is 24.9. The highest BCUT2D eigenvalue weighted by molar-refractivity contribution is 6.48. The number of rotatable bonds is 10. The molecule has 3 aromatic rings. The average Bonchev–Trinajstić information content (AvgIpc) is 3.60. The van der Waals surface area contributed by atoms with E-state index in [-0.39, 0.29) is 17.4 Å². The van der Waals surface area contributed by atoms with E-state index < -0.39 is 30.2 Å². The Labute approximate surface area is 277 Å². The van der Waals surface area contributed by atoms with Gasteiger partial charge in [0.15, 0.2) is 5.82 Å². The number of hydrogen-bond donors (Lipinski definition) is 2. The second-order valence-electron chi connectivity index (χ2n) is 15.0. The Morgan fingerprint density at radius 3 is 2.55 bits per heavy atom. The number of esters is 1. The van der Waals surface area contributed by atoms with Gasteiger partial charge in [0.2, 0.25) is 0 Å². The lowest BCUT2D eigenvalue weighted by Crippen LogP contribution is -2.65. The fourth-order valence-electron chi connectivity index (χ4n) is 7.72. The minimum Gasteiger partial charge on any atom is -0.496 e. The van der Waals surface area contributed by atoms with E-state index in [2.05, 4.69) is 36.6 Å². The Bertz CT molecular complexity index is 1650. The van der Waals surface area contributed by atoms with Crippen molar-refractivity contribution < 1.29 is 32.9 Å². The molecular weight excluding hydrogens is 597 g/mol. The molecule has 10 nitrogen and oxygen atoms in total. The van der Waals surface area contributed by atoms with Gasteiger partial charge in [-0.15, -0.1) is 0 Å². The fourth-order valence-corrected chi connectivity index (χ4v) is 7.72. The molecule has 5 unspecified atom stereocenters. The van der Waals surface area contributed by atoms with Crippen molar-refractivity contribution in [2.45, 2.75) is 97.5 Å². The number of ether oxygens (including phenoxy) is 2. The average molecular weight is 644 g/mol. The van der Waals surface area contributed by atoms with Crippen molar-refractivity contribution in [3.05, 3.63) is 76.5 Å². The van der Waals surface area contributed by atoms with Gasteiger partial charge in [0, 0.05) is 18.2 Å². The highest BCUT2D eigenvalue weighted by Crippen LogP contribution is 2.65. The second kappa shape index (κ2) is 12.3. The summed E-state index contributed by atoms with van der Waals surface area (Å²) in [6.07, 6.45) is 2.29. The molecule has 2 bridgehead atoms. The lowest BCUT2D eigenvalue weighted by Gasteiger charge is -2.64. The van der Waals surface area contributed by atoms with Crippen molar-refractivity contribution in [2.75, 3.05) is 12.4 Å². The fraction of sp³-hybridized carbons (Fsp3) is 0.528. The Balaban J connectivity index is 1.27. The van der Waals surface area contributed by atoms with Crippen LogP contribution < -0.4 is 15.4 Å². The van der Waals surface area contributed by atoms with Crippen molar-refractivity contribution in [1.29, 1.82) is 0 Å². The van der Waals surface area contributed by atoms with E-state index >= 15 is 0 Å². The van der Waals surface area contributed by atoms with Crippen LogP contribution in [0.25, 0.3) is 0 Å². The van der Waals surface area contributed by atoms with Gasteiger partial charge in [0.1, 0.15) is 22.7 Å². The first-order chi connectivity index (χ1) is 22.2. The second-order valence-corrected chi connectivity index (χ2v) is 15.0. The van der Waals surface area contributed by atoms with Crippen LogP contribution in [0.15, 0.2) is 53.1 Å². The van der Waals surface area contributed by atoms with Crippen molar-refractivity contribution in [3.63, 3.8) is 0 Å². The summed E-state index contributed by atoms with van der Waals surface area (Å²) in [7, 11) is 0.840. The Morgan fingerprint density at radius 2 is 1.87 bits per heavy atom. The molecule has 47 heavy (non-hydrogen) atoms. The van der Waals surface area contributed by atoms with Crippen molar-refractivity contribution in [2.24, 2.45) is 17.3 Å². The number of para-hydroxylation sites is 1. The summed E-state index contributed by atoms with van der Waals surface area (Å²) in [5.74, 6) is 1.39. The number of methoxy groups -OCH3 is 1. The van der Waals surface area contributed by atoms with Crippen molar-refractivity contribution >= 4 is 24.8 Å². The number of aryl methyl sites for hydroxylation is 1. The van der Waals surface area contributed by atoms with Gasteiger partial charge in [0.05, 0.1) is 24.8 Å². The zero-order valence-electron chi connectivity index (χ0n) is 28.6. The van der Waals surface area contributed by atoms with Gasteiger partial charge in [-0.2, -0.15) is 0 Å². The van der Waals surface area contributed by atoms with Crippen LogP contribution in [0.4, 0.5) is 5.82 Å². The lowest BCUT2D eigenvalue weighted by atomic mass is 9.43. The van der Waals surface area contributed by atoms with Crippen LogP contribution in [-0.4, -0.2) is 54.5 Å². The molecule has 11 heteroatoms. The minimum absolute atomic E-state index is 0.0618. The highest BCUT2D eigenvalue weighted by Gasteiger charge is 2.68. The molecule has 1 aromatic heterocycles. The number of carbonyl (C=O) groups excluding carboxylic acids is 2. The molecule has 3 saturated carbocycles. The molecule has 0 radical (unpaired) electrons. The molecule has 4 aliphatic rings. The standard InChI is InChI=1S/C36H46BN3O7/c1-21-15-30(40-46-21)38-20-22-11-9-13-24(16-22)32(41)39-29(37-45-28-19-25-18-27(35(25,5)6)36(28,7)47-37)17-23-12-10-14-26(31(23)43-8)33(42)44-34(2,3)4/h9-16,25,27-29H,17-20H2,1-8H3,(H,38,40)(H,39,41). The van der Waals surface area contributed by atoms with Crippen LogP contribution in [0.2, 0.25) is 0 Å². The summed E-state index contributed by atoms with van der Waals surface area (Å²) in [4.78, 5) is 27.1. The van der Waals surface area contributed by atoms with Gasteiger partial charge in [-0.25, -0.2) is 4.79 Å². The summed E-state index contributed by atoms with van der Waals surface area (Å²) >= 11 is 0. The monoisotopic (exact) mass is 643 g/mol. The zero-order chi connectivity index (χ0) is 33.7. The molecule has 7 rings (SSSR count). The van der Waals surface area contributed by atoms with Crippen LogP contribution >= 0.6 is 0 Å². The van der Waals surface area contributed by atoms with Crippen molar-refractivity contribution in [1.82, 2.24) is 10.5 Å². The summed E-state index contributed by atoms with van der Waals surface area (Å²) < 4.78 is 30.1. The minimum atomic E-state index is -0.695. The molecule has 2 aromatic carbocycles. The third kappa shape index (κ3) is 6.52. The molecule has 0 spiro atoms. The predicted molar refractivity (Wildman–Crippen MR) is 178 cm³/mol. The molecule has 5 atom stereocenters. The number of aromatic nitrogens is 1. The number of nitrogens with zero attached hydrogens (tertiary/aromatic N) is 1. The quantitative estimate of drug-likeness (QED) is 0.197. The lowest BCUT2D eigenvalue weighted by molar-refractivity contribution is -0.199. The van der Waals surface area contributed by atoms with Gasteiger partial charge in [-0.1, -0.05) is 43.3 Å². The van der Waals surface area contributed by atoms with E-state index in [0.29, 0.717) is 53.3 Å². The molecule has 2 N–H and O–H groups in total.